The van der Waals surface area contributed by atoms with Crippen molar-refractivity contribution in [2.24, 2.45) is 0 Å². The van der Waals surface area contributed by atoms with Gasteiger partial charge in [0.15, 0.2) is 23.4 Å². The summed E-state index contributed by atoms with van der Waals surface area (Å²) in [5, 5.41) is 18.3. The Morgan fingerprint density at radius 2 is 2.08 bits per heavy atom. The first-order chi connectivity index (χ1) is 18.9. The van der Waals surface area contributed by atoms with Crippen molar-refractivity contribution in [3.8, 4) is 28.4 Å². The van der Waals surface area contributed by atoms with Gasteiger partial charge in [-0.15, -0.1) is 0 Å². The van der Waals surface area contributed by atoms with Crippen molar-refractivity contribution in [2.75, 3.05) is 32.8 Å². The van der Waals surface area contributed by atoms with Gasteiger partial charge in [-0.05, 0) is 47.4 Å². The molecule has 4 aliphatic heterocycles. The second-order valence-corrected chi connectivity index (χ2v) is 11.2. The summed E-state index contributed by atoms with van der Waals surface area (Å²) < 4.78 is 21.2. The number of hydrogen-bond acceptors (Lipinski definition) is 5. The monoisotopic (exact) mass is 530 g/mol. The number of halogens is 1. The minimum absolute atomic E-state index is 0.0459. The standard InChI is InChI=1S/C28H28FN7O3/c1-2-15-8-24(37)20(29)9-19(15)16-3-4-18-21(7-16)32-33-26(18)27-30-22-10-35(11-23(22)31-27)28(38)34-5-6-39-25(12-34)36-13-17(36)14-36/h3-4,7-9,17,25H,2,5-6,10-14H2,1H3,(H2-,30,31,32,33,37)/p+1. The number of H-pyrrole nitrogens is 2. The van der Waals surface area contributed by atoms with E-state index in [0.717, 1.165) is 49.5 Å². The number of quaternary nitrogens is 1. The lowest BCUT2D eigenvalue weighted by Crippen LogP contribution is -2.53. The second kappa shape index (κ2) is 8.03. The molecule has 0 bridgehead atoms. The largest absolute Gasteiger partial charge is 0.505 e. The number of phenolic OH excluding ortho intramolecular Hbond substituents is 1. The Kier molecular flexibility index (Phi) is 4.73. The van der Waals surface area contributed by atoms with Gasteiger partial charge in [-0.2, -0.15) is 5.10 Å². The zero-order valence-electron chi connectivity index (χ0n) is 21.6. The van der Waals surface area contributed by atoms with Gasteiger partial charge in [-0.1, -0.05) is 13.0 Å². The van der Waals surface area contributed by atoms with Crippen LogP contribution in [0.2, 0.25) is 0 Å². The van der Waals surface area contributed by atoms with Crippen LogP contribution in [0.15, 0.2) is 30.3 Å². The van der Waals surface area contributed by atoms with Gasteiger partial charge in [0.2, 0.25) is 6.23 Å². The summed E-state index contributed by atoms with van der Waals surface area (Å²) in [6, 6.07) is 9.50. The number of nitrogens with one attached hydrogen (secondary N) is 2. The zero-order chi connectivity index (χ0) is 26.5. The van der Waals surface area contributed by atoms with E-state index in [1.807, 2.05) is 34.9 Å². The van der Waals surface area contributed by atoms with Crippen LogP contribution >= 0.6 is 0 Å². The summed E-state index contributed by atoms with van der Waals surface area (Å²) in [5.41, 5.74) is 5.75. The fraction of sp³-hybridized carbons (Fsp3) is 0.393. The highest BCUT2D eigenvalue weighted by molar-refractivity contribution is 5.94. The predicted molar refractivity (Wildman–Crippen MR) is 140 cm³/mol. The lowest BCUT2D eigenvalue weighted by atomic mass is 9.96. The van der Waals surface area contributed by atoms with Crippen LogP contribution in [0.5, 0.6) is 5.75 Å². The van der Waals surface area contributed by atoms with Crippen molar-refractivity contribution in [3.05, 3.63) is 53.1 Å². The maximum atomic E-state index is 14.1. The number of aromatic nitrogens is 4. The number of morpholine rings is 1. The number of carbonyl (C=O) groups excluding carboxylic acids is 1. The number of benzene rings is 2. The number of aromatic amines is 2. The number of imidazole rings is 1. The number of hydrogen-bond donors (Lipinski definition) is 3. The summed E-state index contributed by atoms with van der Waals surface area (Å²) in [6.45, 7) is 7.22. The normalized spacial score (nSPS) is 25.2. The van der Waals surface area contributed by atoms with Crippen LogP contribution in [0.25, 0.3) is 33.5 Å². The van der Waals surface area contributed by atoms with Crippen LogP contribution in [0, 0.1) is 5.82 Å². The predicted octanol–water partition coefficient (Wildman–Crippen LogP) is 3.33. The average Bonchev–Trinajstić information content (AvgIpc) is 3.61. The van der Waals surface area contributed by atoms with Gasteiger partial charge in [-0.3, -0.25) is 9.58 Å². The van der Waals surface area contributed by atoms with Crippen LogP contribution in [-0.4, -0.2) is 90.6 Å². The van der Waals surface area contributed by atoms with E-state index in [4.69, 9.17) is 9.72 Å². The number of phenols is 1. The van der Waals surface area contributed by atoms with Crippen LogP contribution < -0.4 is 0 Å². The number of ether oxygens (including phenoxy) is 1. The van der Waals surface area contributed by atoms with E-state index in [-0.39, 0.29) is 18.0 Å². The third-order valence-corrected chi connectivity index (χ3v) is 8.93. The Bertz CT molecular complexity index is 1630. The minimum atomic E-state index is -0.642. The molecule has 8 rings (SSSR count). The molecule has 3 N–H and O–H groups in total. The molecule has 2 aromatic carbocycles. The maximum Gasteiger partial charge on any atom is 0.321 e. The molecular formula is C28H29FN7O3+. The molecule has 2 amide bonds. The van der Waals surface area contributed by atoms with E-state index >= 15 is 0 Å². The fourth-order valence-electron chi connectivity index (χ4n) is 6.34. The molecule has 0 radical (unpaired) electrons. The molecule has 39 heavy (non-hydrogen) atoms. The van der Waals surface area contributed by atoms with E-state index in [1.54, 1.807) is 0 Å². The van der Waals surface area contributed by atoms with E-state index < -0.39 is 5.82 Å². The van der Waals surface area contributed by atoms with Crippen molar-refractivity contribution in [1.29, 1.82) is 0 Å². The van der Waals surface area contributed by atoms with E-state index in [1.165, 1.54) is 25.2 Å². The number of carbonyl (C=O) groups is 1. The molecule has 1 unspecified atom stereocenters. The second-order valence-electron chi connectivity index (χ2n) is 11.2. The zero-order valence-corrected chi connectivity index (χ0v) is 21.6. The summed E-state index contributed by atoms with van der Waals surface area (Å²) in [4.78, 5) is 25.3. The molecule has 2 aromatic heterocycles. The number of rotatable bonds is 4. The van der Waals surface area contributed by atoms with E-state index in [2.05, 4.69) is 15.2 Å². The maximum absolute atomic E-state index is 14.1. The summed E-state index contributed by atoms with van der Waals surface area (Å²) in [7, 11) is 0. The molecule has 0 spiro atoms. The van der Waals surface area contributed by atoms with Crippen molar-refractivity contribution >= 4 is 16.9 Å². The number of aryl methyl sites for hydroxylation is 1. The van der Waals surface area contributed by atoms with Gasteiger partial charge in [0.25, 0.3) is 0 Å². The number of nitrogens with zero attached hydrogens (tertiary/aromatic N) is 5. The molecular weight excluding hydrogens is 501 g/mol. The van der Waals surface area contributed by atoms with Crippen LogP contribution in [-0.2, 0) is 24.2 Å². The molecule has 0 saturated carbocycles. The Hall–Kier alpha value is -3.96. The van der Waals surface area contributed by atoms with E-state index in [0.29, 0.717) is 50.7 Å². The van der Waals surface area contributed by atoms with Crippen LogP contribution in [0.3, 0.4) is 0 Å². The molecule has 4 aromatic rings. The van der Waals surface area contributed by atoms with Gasteiger partial charge in [0, 0.05) is 11.9 Å². The SMILES string of the molecule is CCc1cc(O)c(F)cc1-c1ccc2c(-c3nc4c([nH]3)CN(C(=O)N3CCOC([N+]56CC5C6)C3)C4)n[nH]c2c1. The fourth-order valence-corrected chi connectivity index (χ4v) is 6.34. The number of aromatic hydroxyl groups is 1. The Labute approximate surface area is 223 Å². The highest BCUT2D eigenvalue weighted by Crippen LogP contribution is 2.51. The molecule has 10 nitrogen and oxygen atoms in total. The molecule has 11 heteroatoms. The van der Waals surface area contributed by atoms with E-state index in [9.17, 15) is 14.3 Å². The molecule has 4 aliphatic rings. The number of fused-ring (bicyclic) bond motifs is 3. The Morgan fingerprint density at radius 3 is 2.85 bits per heavy atom. The smallest absolute Gasteiger partial charge is 0.321 e. The molecule has 3 saturated heterocycles. The minimum Gasteiger partial charge on any atom is -0.505 e. The molecule has 0 aliphatic carbocycles. The topological polar surface area (TPSA) is 110 Å². The van der Waals surface area contributed by atoms with Crippen LogP contribution in [0.1, 0.15) is 23.9 Å². The summed E-state index contributed by atoms with van der Waals surface area (Å²) in [5.74, 6) is -0.321. The summed E-state index contributed by atoms with van der Waals surface area (Å²) in [6.07, 6.45) is 0.799. The van der Waals surface area contributed by atoms with Gasteiger partial charge >= 0.3 is 6.03 Å². The molecule has 200 valence electrons. The van der Waals surface area contributed by atoms with Crippen molar-refractivity contribution in [2.45, 2.75) is 38.7 Å². The molecule has 1 atom stereocenters. The lowest BCUT2D eigenvalue weighted by molar-refractivity contribution is -0.769. The molecule has 3 fully saturated rings. The third-order valence-electron chi connectivity index (χ3n) is 8.93. The van der Waals surface area contributed by atoms with Crippen molar-refractivity contribution in [3.63, 3.8) is 0 Å². The first-order valence-corrected chi connectivity index (χ1v) is 13.5. The highest BCUT2D eigenvalue weighted by Gasteiger charge is 2.78. The highest BCUT2D eigenvalue weighted by atomic mass is 19.1. The number of urea groups is 1. The first-order valence-electron chi connectivity index (χ1n) is 13.5. The average molecular weight is 531 g/mol. The van der Waals surface area contributed by atoms with Crippen molar-refractivity contribution in [1.82, 2.24) is 30.0 Å². The molecule has 6 heterocycles. The van der Waals surface area contributed by atoms with Crippen LogP contribution in [0.4, 0.5) is 9.18 Å². The Balaban J connectivity index is 1.01. The van der Waals surface area contributed by atoms with Gasteiger partial charge in [-0.25, -0.2) is 14.2 Å². The number of amides is 2. The van der Waals surface area contributed by atoms with Gasteiger partial charge < -0.3 is 24.6 Å². The lowest BCUT2D eigenvalue weighted by Gasteiger charge is -2.35. The Morgan fingerprint density at radius 1 is 1.23 bits per heavy atom. The first kappa shape index (κ1) is 23.0. The van der Waals surface area contributed by atoms with Gasteiger partial charge in [0.05, 0.1) is 36.6 Å². The van der Waals surface area contributed by atoms with Crippen molar-refractivity contribution < 1.29 is 23.5 Å². The summed E-state index contributed by atoms with van der Waals surface area (Å²) >= 11 is 0. The third kappa shape index (κ3) is 3.49. The quantitative estimate of drug-likeness (QED) is 0.277. The van der Waals surface area contributed by atoms with Gasteiger partial charge in [0.1, 0.15) is 25.3 Å².